The van der Waals surface area contributed by atoms with Crippen LogP contribution in [0.25, 0.3) is 0 Å². The molecule has 2 atom stereocenters. The number of anilines is 3. The van der Waals surface area contributed by atoms with E-state index in [1.807, 2.05) is 0 Å². The lowest BCUT2D eigenvalue weighted by Crippen LogP contribution is -2.52. The molecule has 1 saturated carbocycles. The molecule has 1 aromatic carbocycles. The van der Waals surface area contributed by atoms with E-state index in [0.717, 1.165) is 25.7 Å². The van der Waals surface area contributed by atoms with Crippen molar-refractivity contribution in [2.75, 3.05) is 42.5 Å². The van der Waals surface area contributed by atoms with Gasteiger partial charge >= 0.3 is 6.03 Å². The van der Waals surface area contributed by atoms with Gasteiger partial charge in [0.05, 0.1) is 39.2 Å². The Kier molecular flexibility index (Phi) is 7.53. The monoisotopic (exact) mass is 491 g/mol. The summed E-state index contributed by atoms with van der Waals surface area (Å²) in [5.74, 6) is 0.218. The van der Waals surface area contributed by atoms with Crippen molar-refractivity contribution in [1.82, 2.24) is 9.97 Å². The average molecular weight is 492 g/mol. The molecule has 190 valence electrons. The van der Waals surface area contributed by atoms with Gasteiger partial charge < -0.3 is 30.1 Å². The van der Waals surface area contributed by atoms with Gasteiger partial charge in [0, 0.05) is 36.5 Å². The number of methoxy groups -OCH3 is 2. The van der Waals surface area contributed by atoms with E-state index in [1.165, 1.54) is 31.3 Å². The maximum Gasteiger partial charge on any atom is 0.330 e. The molecule has 1 aromatic heterocycles. The molecule has 12 heteroatoms. The third-order valence-electron chi connectivity index (χ3n) is 6.37. The number of aliphatic hydroxyl groups excluding tert-OH is 3. The fourth-order valence-electron chi connectivity index (χ4n) is 4.42. The average Bonchev–Trinajstić information content (AvgIpc) is 3.41. The number of hydrogen-bond donors (Lipinski definition) is 4. The van der Waals surface area contributed by atoms with Crippen molar-refractivity contribution >= 4 is 23.5 Å². The van der Waals surface area contributed by atoms with Crippen LogP contribution in [0.15, 0.2) is 18.3 Å². The lowest BCUT2D eigenvalue weighted by atomic mass is 10.1. The van der Waals surface area contributed by atoms with Gasteiger partial charge in [-0.25, -0.2) is 14.2 Å². The predicted molar refractivity (Wildman–Crippen MR) is 125 cm³/mol. The number of nitrogens with zero attached hydrogens (tertiary/aromatic N) is 4. The van der Waals surface area contributed by atoms with Crippen molar-refractivity contribution in [2.24, 2.45) is 0 Å². The first kappa shape index (κ1) is 24.9. The molecule has 2 aliphatic rings. The van der Waals surface area contributed by atoms with Crippen LogP contribution >= 0.6 is 0 Å². The van der Waals surface area contributed by atoms with Crippen molar-refractivity contribution in [3.05, 3.63) is 29.7 Å². The van der Waals surface area contributed by atoms with Crippen LogP contribution in [-0.2, 0) is 6.54 Å². The van der Waals surface area contributed by atoms with Gasteiger partial charge in [-0.15, -0.1) is 0 Å². The Bertz CT molecular complexity index is 1070. The maximum atomic E-state index is 15.3. The minimum Gasteiger partial charge on any atom is -0.497 e. The van der Waals surface area contributed by atoms with Crippen LogP contribution in [-0.4, -0.2) is 76.9 Å². The third-order valence-corrected chi connectivity index (χ3v) is 6.37. The molecular formula is C23H30FN5O6. The Balaban J connectivity index is 1.70. The van der Waals surface area contributed by atoms with E-state index in [-0.39, 0.29) is 36.5 Å². The largest absolute Gasteiger partial charge is 0.497 e. The summed E-state index contributed by atoms with van der Waals surface area (Å²) in [7, 11) is 2.80. The molecule has 2 heterocycles. The summed E-state index contributed by atoms with van der Waals surface area (Å²) in [6.07, 6.45) is 2.53. The van der Waals surface area contributed by atoms with Gasteiger partial charge in [-0.1, -0.05) is 12.8 Å². The summed E-state index contributed by atoms with van der Waals surface area (Å²) < 4.78 is 25.7. The van der Waals surface area contributed by atoms with Gasteiger partial charge in [-0.05, 0) is 12.8 Å². The molecule has 35 heavy (non-hydrogen) atoms. The molecule has 0 unspecified atom stereocenters. The Labute approximate surface area is 202 Å². The van der Waals surface area contributed by atoms with Crippen LogP contribution in [0.5, 0.6) is 11.5 Å². The van der Waals surface area contributed by atoms with E-state index in [4.69, 9.17) is 14.6 Å². The Hall–Kier alpha value is -3.22. The minimum atomic E-state index is -1.31. The normalized spacial score (nSPS) is 17.8. The number of aliphatic hydroxyl groups is 3. The number of aromatic nitrogens is 2. The highest BCUT2D eigenvalue weighted by atomic mass is 19.1. The standard InChI is InChI=1S/C23H30FN5O6/c1-34-15-7-16(20(24)19(8-15)35-2)28-11-13-9-25-22(26-10-17(31)18(32)12-30)27-21(13)29(23(28)33)14-5-3-4-6-14/h7-9,14,17-18,30-32H,3-6,10-12H2,1-2H3,(H,25,26,27)/t17-,18-/m0/s1. The summed E-state index contributed by atoms with van der Waals surface area (Å²) in [5.41, 5.74) is 0.655. The fourth-order valence-corrected chi connectivity index (χ4v) is 4.42. The van der Waals surface area contributed by atoms with Gasteiger partial charge in [0.25, 0.3) is 0 Å². The van der Waals surface area contributed by atoms with Gasteiger partial charge in [0.15, 0.2) is 11.6 Å². The highest BCUT2D eigenvalue weighted by molar-refractivity contribution is 6.06. The zero-order chi connectivity index (χ0) is 25.1. The van der Waals surface area contributed by atoms with Gasteiger partial charge in [-0.2, -0.15) is 4.98 Å². The molecule has 4 N–H and O–H groups in total. The molecule has 0 bridgehead atoms. The summed E-state index contributed by atoms with van der Waals surface area (Å²) in [6.45, 7) is -0.644. The Morgan fingerprint density at radius 2 is 1.94 bits per heavy atom. The van der Waals surface area contributed by atoms with Gasteiger partial charge in [0.1, 0.15) is 17.7 Å². The molecule has 0 spiro atoms. The first-order valence-electron chi connectivity index (χ1n) is 11.5. The Morgan fingerprint density at radius 3 is 2.60 bits per heavy atom. The highest BCUT2D eigenvalue weighted by Crippen LogP contribution is 2.40. The molecular weight excluding hydrogens is 461 g/mol. The zero-order valence-electron chi connectivity index (χ0n) is 19.6. The van der Waals surface area contributed by atoms with E-state index in [1.54, 1.807) is 11.1 Å². The van der Waals surface area contributed by atoms with E-state index in [2.05, 4.69) is 15.3 Å². The first-order chi connectivity index (χ1) is 16.9. The highest BCUT2D eigenvalue weighted by Gasteiger charge is 2.39. The van der Waals surface area contributed by atoms with Crippen molar-refractivity contribution < 1.29 is 34.0 Å². The van der Waals surface area contributed by atoms with E-state index < -0.39 is 30.7 Å². The second-order valence-corrected chi connectivity index (χ2v) is 8.58. The van der Waals surface area contributed by atoms with Crippen LogP contribution < -0.4 is 24.6 Å². The van der Waals surface area contributed by atoms with Crippen LogP contribution in [0.2, 0.25) is 0 Å². The summed E-state index contributed by atoms with van der Waals surface area (Å²) in [4.78, 5) is 25.5. The number of benzene rings is 1. The smallest absolute Gasteiger partial charge is 0.330 e. The molecule has 1 fully saturated rings. The van der Waals surface area contributed by atoms with Crippen molar-refractivity contribution in [3.8, 4) is 11.5 Å². The number of nitrogens with one attached hydrogen (secondary N) is 1. The molecule has 2 aromatic rings. The topological polar surface area (TPSA) is 141 Å². The summed E-state index contributed by atoms with van der Waals surface area (Å²) >= 11 is 0. The number of urea groups is 1. The second kappa shape index (κ2) is 10.6. The number of carbonyl (C=O) groups is 1. The molecule has 11 nitrogen and oxygen atoms in total. The molecule has 0 radical (unpaired) electrons. The van der Waals surface area contributed by atoms with Crippen LogP contribution in [0.1, 0.15) is 31.2 Å². The summed E-state index contributed by atoms with van der Waals surface area (Å²) in [5, 5.41) is 31.3. The zero-order valence-corrected chi connectivity index (χ0v) is 19.6. The number of amides is 2. The quantitative estimate of drug-likeness (QED) is 0.412. The first-order valence-corrected chi connectivity index (χ1v) is 11.5. The van der Waals surface area contributed by atoms with Crippen LogP contribution in [0, 0.1) is 5.82 Å². The van der Waals surface area contributed by atoms with Crippen molar-refractivity contribution in [1.29, 1.82) is 0 Å². The number of carbonyl (C=O) groups excluding carboxylic acids is 1. The molecule has 1 aliphatic heterocycles. The lowest BCUT2D eigenvalue weighted by molar-refractivity contribution is -0.00707. The summed E-state index contributed by atoms with van der Waals surface area (Å²) in [6, 6.07) is 2.35. The van der Waals surface area contributed by atoms with Crippen molar-refractivity contribution in [2.45, 2.75) is 50.5 Å². The number of hydrogen-bond acceptors (Lipinski definition) is 9. The van der Waals surface area contributed by atoms with E-state index in [0.29, 0.717) is 17.1 Å². The van der Waals surface area contributed by atoms with Gasteiger partial charge in [-0.3, -0.25) is 9.80 Å². The van der Waals surface area contributed by atoms with Crippen molar-refractivity contribution in [3.63, 3.8) is 0 Å². The molecule has 1 aliphatic carbocycles. The Morgan fingerprint density at radius 1 is 1.20 bits per heavy atom. The van der Waals surface area contributed by atoms with E-state index >= 15 is 4.39 Å². The van der Waals surface area contributed by atoms with Crippen LogP contribution in [0.3, 0.4) is 0 Å². The van der Waals surface area contributed by atoms with Crippen LogP contribution in [0.4, 0.5) is 26.6 Å². The molecule has 0 saturated heterocycles. The number of rotatable bonds is 9. The lowest BCUT2D eigenvalue weighted by Gasteiger charge is -2.39. The third kappa shape index (κ3) is 4.95. The molecule has 2 amide bonds. The van der Waals surface area contributed by atoms with Gasteiger partial charge in [0.2, 0.25) is 5.95 Å². The fraction of sp³-hybridized carbons (Fsp3) is 0.522. The minimum absolute atomic E-state index is 0.0307. The molecule has 4 rings (SSSR count). The van der Waals surface area contributed by atoms with E-state index in [9.17, 15) is 15.0 Å². The number of fused-ring (bicyclic) bond motifs is 1. The second-order valence-electron chi connectivity index (χ2n) is 8.58. The maximum absolute atomic E-state index is 15.3. The number of halogens is 1. The predicted octanol–water partition coefficient (Wildman–Crippen LogP) is 1.65. The SMILES string of the molecule is COc1cc(OC)c(F)c(N2Cc3cnc(NC[C@H](O)[C@@H](O)CO)nc3N(C3CCCC3)C2=O)c1. The number of ether oxygens (including phenoxy) is 2.